The van der Waals surface area contributed by atoms with E-state index in [4.69, 9.17) is 15.6 Å². The Balaban J connectivity index is 1.92. The first-order valence-corrected chi connectivity index (χ1v) is 13.9. The zero-order valence-electron chi connectivity index (χ0n) is 24.1. The number of carboxylic acids is 4. The number of carbonyl (C=O) groups excluding carboxylic acids is 1. The standard InChI is InChI=1S/C27H42N6O10/c28-22(27(41)42)15-20-1-3-21(4-2-20)43-14-5-29-23(34)16-30-6-8-31(17-24(35)36)10-12-33(19-26(39)40)13-11-32(9-7-30)18-25(37)38/h1-4,22H,5-19,28H2,(H,29,34)(H,35,36)(H,37,38)(H,39,40)(H,41,42)/t22-/m0/s1. The molecule has 0 bridgehead atoms. The number of carboxylic acid groups (broad SMARTS) is 4. The smallest absolute Gasteiger partial charge is 0.320 e. The molecule has 16 heteroatoms. The first-order valence-electron chi connectivity index (χ1n) is 13.9. The van der Waals surface area contributed by atoms with Gasteiger partial charge in [-0.3, -0.25) is 43.6 Å². The molecular formula is C27H42N6O10. The van der Waals surface area contributed by atoms with Crippen LogP contribution in [0.5, 0.6) is 5.75 Å². The van der Waals surface area contributed by atoms with Crippen molar-refractivity contribution in [1.29, 1.82) is 0 Å². The molecule has 16 nitrogen and oxygen atoms in total. The molecule has 1 aliphatic rings. The van der Waals surface area contributed by atoms with Gasteiger partial charge in [0, 0.05) is 52.4 Å². The van der Waals surface area contributed by atoms with E-state index >= 15 is 0 Å². The lowest BCUT2D eigenvalue weighted by molar-refractivity contribution is -0.140. The molecule has 43 heavy (non-hydrogen) atoms. The van der Waals surface area contributed by atoms with Gasteiger partial charge in [-0.2, -0.15) is 0 Å². The van der Waals surface area contributed by atoms with Gasteiger partial charge >= 0.3 is 23.9 Å². The minimum Gasteiger partial charge on any atom is -0.492 e. The van der Waals surface area contributed by atoms with Gasteiger partial charge in [-0.25, -0.2) is 0 Å². The third-order valence-electron chi connectivity index (χ3n) is 6.76. The number of carbonyl (C=O) groups is 5. The summed E-state index contributed by atoms with van der Waals surface area (Å²) in [6, 6.07) is 5.83. The Kier molecular flexibility index (Phi) is 15.3. The van der Waals surface area contributed by atoms with E-state index < -0.39 is 29.9 Å². The maximum Gasteiger partial charge on any atom is 0.320 e. The molecule has 1 fully saturated rings. The van der Waals surface area contributed by atoms with Crippen LogP contribution in [0.1, 0.15) is 5.56 Å². The molecule has 1 amide bonds. The van der Waals surface area contributed by atoms with Crippen LogP contribution in [0.25, 0.3) is 0 Å². The van der Waals surface area contributed by atoms with Gasteiger partial charge in [0.1, 0.15) is 18.4 Å². The lowest BCUT2D eigenvalue weighted by Crippen LogP contribution is -2.50. The number of nitrogens with one attached hydrogen (secondary N) is 1. The van der Waals surface area contributed by atoms with Gasteiger partial charge < -0.3 is 36.2 Å². The van der Waals surface area contributed by atoms with E-state index in [1.807, 2.05) is 4.90 Å². The molecule has 1 atom stereocenters. The molecule has 0 unspecified atom stereocenters. The van der Waals surface area contributed by atoms with Crippen LogP contribution in [-0.2, 0) is 30.4 Å². The Bertz CT molecular complexity index is 1040. The summed E-state index contributed by atoms with van der Waals surface area (Å²) in [5.74, 6) is -3.89. The van der Waals surface area contributed by atoms with E-state index in [2.05, 4.69) is 5.32 Å². The summed E-state index contributed by atoms with van der Waals surface area (Å²) >= 11 is 0. The Morgan fingerprint density at radius 3 is 1.47 bits per heavy atom. The van der Waals surface area contributed by atoms with Crippen LogP contribution >= 0.6 is 0 Å². The number of hydrogen-bond donors (Lipinski definition) is 6. The minimum atomic E-state index is -1.08. The summed E-state index contributed by atoms with van der Waals surface area (Å²) < 4.78 is 5.64. The number of benzene rings is 1. The zero-order valence-corrected chi connectivity index (χ0v) is 24.1. The molecule has 240 valence electrons. The molecule has 1 aromatic carbocycles. The first kappa shape index (κ1) is 35.4. The summed E-state index contributed by atoms with van der Waals surface area (Å²) in [6.07, 6.45) is 0.188. The van der Waals surface area contributed by atoms with Gasteiger partial charge in [-0.15, -0.1) is 0 Å². The fourth-order valence-corrected chi connectivity index (χ4v) is 4.47. The summed E-state index contributed by atoms with van der Waals surface area (Å²) in [4.78, 5) is 64.6. The Hall–Kier alpha value is -3.83. The monoisotopic (exact) mass is 610 g/mol. The van der Waals surface area contributed by atoms with Crippen LogP contribution < -0.4 is 15.8 Å². The molecule has 0 aromatic heterocycles. The highest BCUT2D eigenvalue weighted by molar-refractivity contribution is 5.78. The maximum absolute atomic E-state index is 12.7. The van der Waals surface area contributed by atoms with Crippen molar-refractivity contribution in [1.82, 2.24) is 24.9 Å². The highest BCUT2D eigenvalue weighted by Crippen LogP contribution is 2.13. The number of nitrogens with zero attached hydrogens (tertiary/aromatic N) is 4. The van der Waals surface area contributed by atoms with Crippen molar-refractivity contribution in [2.75, 3.05) is 91.7 Å². The van der Waals surface area contributed by atoms with Crippen LogP contribution in [0.3, 0.4) is 0 Å². The molecule has 2 rings (SSSR count). The van der Waals surface area contributed by atoms with Gasteiger partial charge in [-0.1, -0.05) is 12.1 Å². The number of amides is 1. The van der Waals surface area contributed by atoms with Crippen LogP contribution in [0.2, 0.25) is 0 Å². The predicted molar refractivity (Wildman–Crippen MR) is 153 cm³/mol. The van der Waals surface area contributed by atoms with Gasteiger partial charge in [0.15, 0.2) is 0 Å². The van der Waals surface area contributed by atoms with E-state index in [1.165, 1.54) is 0 Å². The van der Waals surface area contributed by atoms with E-state index in [9.17, 15) is 39.3 Å². The molecule has 1 saturated heterocycles. The Morgan fingerprint density at radius 1 is 0.698 bits per heavy atom. The summed E-state index contributed by atoms with van der Waals surface area (Å²) in [5, 5.41) is 39.6. The second-order valence-corrected chi connectivity index (χ2v) is 10.3. The highest BCUT2D eigenvalue weighted by Gasteiger charge is 2.21. The van der Waals surface area contributed by atoms with Crippen molar-refractivity contribution < 1.29 is 49.1 Å². The van der Waals surface area contributed by atoms with Crippen LogP contribution in [0.15, 0.2) is 24.3 Å². The summed E-state index contributed by atoms with van der Waals surface area (Å²) in [6.45, 7) is 2.17. The molecular weight excluding hydrogens is 568 g/mol. The topological polar surface area (TPSA) is 227 Å². The lowest BCUT2D eigenvalue weighted by Gasteiger charge is -2.32. The lowest BCUT2D eigenvalue weighted by atomic mass is 10.1. The number of hydrogen-bond acceptors (Lipinski definition) is 11. The number of ether oxygens (including phenoxy) is 1. The van der Waals surface area contributed by atoms with Crippen molar-refractivity contribution in [2.45, 2.75) is 12.5 Å². The second kappa shape index (κ2) is 18.7. The molecule has 0 aliphatic carbocycles. The van der Waals surface area contributed by atoms with Gasteiger partial charge in [-0.05, 0) is 24.1 Å². The second-order valence-electron chi connectivity index (χ2n) is 10.3. The third-order valence-corrected chi connectivity index (χ3v) is 6.76. The fraction of sp³-hybridized carbons (Fsp3) is 0.593. The molecule has 0 radical (unpaired) electrons. The fourth-order valence-electron chi connectivity index (χ4n) is 4.47. The summed E-state index contributed by atoms with van der Waals surface area (Å²) in [5.41, 5.74) is 6.30. The van der Waals surface area contributed by atoms with Gasteiger partial charge in [0.25, 0.3) is 0 Å². The van der Waals surface area contributed by atoms with Crippen LogP contribution in [0.4, 0.5) is 0 Å². The SMILES string of the molecule is N[C@@H](Cc1ccc(OCCNC(=O)CN2CCN(CC(=O)O)CCN(CC(=O)O)CCN(CC(=O)O)CC2)cc1)C(=O)O. The summed E-state index contributed by atoms with van der Waals surface area (Å²) in [7, 11) is 0. The average molecular weight is 611 g/mol. The largest absolute Gasteiger partial charge is 0.492 e. The molecule has 1 aromatic rings. The van der Waals surface area contributed by atoms with Crippen molar-refractivity contribution in [3.05, 3.63) is 29.8 Å². The normalized spacial score (nSPS) is 17.2. The molecule has 0 spiro atoms. The van der Waals surface area contributed by atoms with Crippen molar-refractivity contribution >= 4 is 29.8 Å². The quantitative estimate of drug-likeness (QED) is 0.114. The Labute approximate surface area is 249 Å². The molecule has 7 N–H and O–H groups in total. The number of nitrogens with two attached hydrogens (primary N) is 1. The first-order chi connectivity index (χ1) is 20.4. The number of aliphatic carboxylic acids is 4. The average Bonchev–Trinajstić information content (AvgIpc) is 2.92. The van der Waals surface area contributed by atoms with Gasteiger partial charge in [0.2, 0.25) is 5.91 Å². The van der Waals surface area contributed by atoms with Crippen molar-refractivity contribution in [3.63, 3.8) is 0 Å². The molecule has 1 heterocycles. The zero-order chi connectivity index (χ0) is 31.8. The number of rotatable bonds is 15. The molecule has 1 aliphatic heterocycles. The van der Waals surface area contributed by atoms with E-state index in [0.717, 1.165) is 5.56 Å². The third kappa shape index (κ3) is 15.3. The van der Waals surface area contributed by atoms with Crippen molar-refractivity contribution in [2.24, 2.45) is 5.73 Å². The van der Waals surface area contributed by atoms with E-state index in [0.29, 0.717) is 58.1 Å². The predicted octanol–water partition coefficient (Wildman–Crippen LogP) is -2.39. The van der Waals surface area contributed by atoms with E-state index in [1.54, 1.807) is 39.0 Å². The Morgan fingerprint density at radius 2 is 1.09 bits per heavy atom. The van der Waals surface area contributed by atoms with Crippen molar-refractivity contribution in [3.8, 4) is 5.75 Å². The highest BCUT2D eigenvalue weighted by atomic mass is 16.5. The molecule has 0 saturated carbocycles. The van der Waals surface area contributed by atoms with E-state index in [-0.39, 0.29) is 51.7 Å². The maximum atomic E-state index is 12.7. The van der Waals surface area contributed by atoms with Crippen LogP contribution in [0, 0.1) is 0 Å². The minimum absolute atomic E-state index is 0.00545. The van der Waals surface area contributed by atoms with Gasteiger partial charge in [0.05, 0.1) is 32.7 Å². The van der Waals surface area contributed by atoms with Crippen LogP contribution in [-0.4, -0.2) is 168 Å².